The SMILES string of the molecule is CCOc1ccccc1C1NC(=S)N(c2ccccc2)C(C)=C1C(=O)Nc1cc(C)on1. The number of anilines is 2. The quantitative estimate of drug-likeness (QED) is 0.528. The van der Waals surface area contributed by atoms with Crippen LogP contribution in [0.5, 0.6) is 5.75 Å². The summed E-state index contributed by atoms with van der Waals surface area (Å²) in [5.74, 6) is 1.35. The van der Waals surface area contributed by atoms with Crippen molar-refractivity contribution in [3.8, 4) is 5.75 Å². The van der Waals surface area contributed by atoms with Crippen molar-refractivity contribution in [2.24, 2.45) is 0 Å². The third-order valence-corrected chi connectivity index (χ3v) is 5.44. The molecular weight excluding hydrogens is 424 g/mol. The Labute approximate surface area is 192 Å². The molecule has 3 aromatic rings. The highest BCUT2D eigenvalue weighted by Gasteiger charge is 2.36. The van der Waals surface area contributed by atoms with E-state index in [4.69, 9.17) is 21.5 Å². The van der Waals surface area contributed by atoms with Crippen LogP contribution in [0.3, 0.4) is 0 Å². The second-order valence-corrected chi connectivity index (χ2v) is 7.69. The molecule has 32 heavy (non-hydrogen) atoms. The average Bonchev–Trinajstić information content (AvgIpc) is 3.19. The number of carbonyl (C=O) groups is 1. The van der Waals surface area contributed by atoms with Gasteiger partial charge in [0, 0.05) is 23.0 Å². The van der Waals surface area contributed by atoms with Crippen molar-refractivity contribution in [1.29, 1.82) is 0 Å². The summed E-state index contributed by atoms with van der Waals surface area (Å²) in [7, 11) is 0. The minimum absolute atomic E-state index is 0.303. The molecule has 0 bridgehead atoms. The second-order valence-electron chi connectivity index (χ2n) is 7.30. The molecule has 2 N–H and O–H groups in total. The molecule has 1 aliphatic rings. The van der Waals surface area contributed by atoms with Gasteiger partial charge in [0.1, 0.15) is 11.5 Å². The van der Waals surface area contributed by atoms with Crippen LogP contribution in [0, 0.1) is 6.92 Å². The van der Waals surface area contributed by atoms with Crippen LogP contribution in [-0.4, -0.2) is 22.8 Å². The van der Waals surface area contributed by atoms with Gasteiger partial charge in [-0.25, -0.2) is 0 Å². The topological polar surface area (TPSA) is 79.6 Å². The van der Waals surface area contributed by atoms with Crippen LogP contribution in [0.1, 0.15) is 31.2 Å². The Morgan fingerprint density at radius 3 is 2.59 bits per heavy atom. The normalized spacial score (nSPS) is 16.0. The number of hydrogen-bond donors (Lipinski definition) is 2. The van der Waals surface area contributed by atoms with Gasteiger partial charge >= 0.3 is 0 Å². The first-order valence-corrected chi connectivity index (χ1v) is 10.7. The maximum Gasteiger partial charge on any atom is 0.257 e. The van der Waals surface area contributed by atoms with Gasteiger partial charge in [0.05, 0.1) is 18.2 Å². The lowest BCUT2D eigenvalue weighted by Gasteiger charge is -2.38. The van der Waals surface area contributed by atoms with Crippen LogP contribution in [0.15, 0.2) is 76.5 Å². The second kappa shape index (κ2) is 9.23. The van der Waals surface area contributed by atoms with Crippen LogP contribution < -0.4 is 20.3 Å². The number of aromatic nitrogens is 1. The smallest absolute Gasteiger partial charge is 0.257 e. The molecule has 0 radical (unpaired) electrons. The monoisotopic (exact) mass is 448 g/mol. The Hall–Kier alpha value is -3.65. The Bertz CT molecular complexity index is 1170. The summed E-state index contributed by atoms with van der Waals surface area (Å²) in [4.78, 5) is 15.4. The summed E-state index contributed by atoms with van der Waals surface area (Å²) < 4.78 is 10.9. The summed E-state index contributed by atoms with van der Waals surface area (Å²) in [6.45, 7) is 6.09. The lowest BCUT2D eigenvalue weighted by atomic mass is 9.93. The van der Waals surface area contributed by atoms with Crippen LogP contribution in [0.25, 0.3) is 0 Å². The molecule has 8 heteroatoms. The van der Waals surface area contributed by atoms with Gasteiger partial charge < -0.3 is 19.9 Å². The zero-order valence-electron chi connectivity index (χ0n) is 18.1. The third kappa shape index (κ3) is 4.22. The Balaban J connectivity index is 1.83. The van der Waals surface area contributed by atoms with Gasteiger partial charge in [0.15, 0.2) is 10.9 Å². The molecule has 1 aromatic heterocycles. The van der Waals surface area contributed by atoms with E-state index in [1.807, 2.05) is 73.3 Å². The molecule has 0 saturated carbocycles. The van der Waals surface area contributed by atoms with Crippen LogP contribution in [-0.2, 0) is 4.79 Å². The van der Waals surface area contributed by atoms with Crippen LogP contribution in [0.2, 0.25) is 0 Å². The number of allylic oxidation sites excluding steroid dienone is 1. The first-order chi connectivity index (χ1) is 15.5. The van der Waals surface area contributed by atoms with Crippen molar-refractivity contribution in [2.75, 3.05) is 16.8 Å². The predicted octanol–water partition coefficient (Wildman–Crippen LogP) is 4.73. The first-order valence-electron chi connectivity index (χ1n) is 10.3. The van der Waals surface area contributed by atoms with E-state index in [0.717, 1.165) is 11.3 Å². The largest absolute Gasteiger partial charge is 0.494 e. The minimum atomic E-state index is -0.502. The van der Waals surface area contributed by atoms with E-state index in [0.29, 0.717) is 40.3 Å². The highest BCUT2D eigenvalue weighted by atomic mass is 32.1. The van der Waals surface area contributed by atoms with E-state index in [1.54, 1.807) is 13.0 Å². The van der Waals surface area contributed by atoms with Gasteiger partial charge in [-0.2, -0.15) is 0 Å². The third-order valence-electron chi connectivity index (χ3n) is 5.14. The number of para-hydroxylation sites is 2. The van der Waals surface area contributed by atoms with Crippen molar-refractivity contribution in [3.05, 3.63) is 83.3 Å². The van der Waals surface area contributed by atoms with Crippen LogP contribution in [0.4, 0.5) is 11.5 Å². The number of nitrogens with one attached hydrogen (secondary N) is 2. The standard InChI is InChI=1S/C24H24N4O3S/c1-4-30-19-13-9-8-12-18(19)22-21(23(29)25-20-14-15(2)31-27-20)16(3)28(24(32)26-22)17-10-6-5-7-11-17/h5-14,22H,4H2,1-3H3,(H,26,32)(H,25,27,29). The molecule has 2 heterocycles. The van der Waals surface area contributed by atoms with Crippen molar-refractivity contribution >= 4 is 34.7 Å². The molecule has 0 spiro atoms. The van der Waals surface area contributed by atoms with Gasteiger partial charge in [-0.15, -0.1) is 0 Å². The average molecular weight is 449 g/mol. The maximum atomic E-state index is 13.5. The predicted molar refractivity (Wildman–Crippen MR) is 128 cm³/mol. The summed E-state index contributed by atoms with van der Waals surface area (Å²) in [6.07, 6.45) is 0. The molecule has 1 aliphatic heterocycles. The maximum absolute atomic E-state index is 13.5. The number of carbonyl (C=O) groups excluding carboxylic acids is 1. The van der Waals surface area contributed by atoms with Gasteiger partial charge in [0.2, 0.25) is 0 Å². The van der Waals surface area contributed by atoms with Crippen molar-refractivity contribution in [1.82, 2.24) is 10.5 Å². The fourth-order valence-corrected chi connectivity index (χ4v) is 4.13. The minimum Gasteiger partial charge on any atom is -0.494 e. The van der Waals surface area contributed by atoms with E-state index in [2.05, 4.69) is 15.8 Å². The zero-order chi connectivity index (χ0) is 22.7. The number of thiocarbonyl (C=S) groups is 1. The van der Waals surface area contributed by atoms with Crippen LogP contribution >= 0.6 is 12.2 Å². The number of rotatable bonds is 6. The number of ether oxygens (including phenoxy) is 1. The Kier molecular flexibility index (Phi) is 6.23. The lowest BCUT2D eigenvalue weighted by molar-refractivity contribution is -0.113. The number of benzene rings is 2. The van der Waals surface area contributed by atoms with Gasteiger partial charge in [-0.3, -0.25) is 9.69 Å². The molecule has 7 nitrogen and oxygen atoms in total. The van der Waals surface area contributed by atoms with E-state index >= 15 is 0 Å². The van der Waals surface area contributed by atoms with E-state index in [1.165, 1.54) is 0 Å². The fraction of sp³-hybridized carbons (Fsp3) is 0.208. The van der Waals surface area contributed by atoms with E-state index in [9.17, 15) is 4.79 Å². The molecular formula is C24H24N4O3S. The summed E-state index contributed by atoms with van der Waals surface area (Å²) in [5, 5.41) is 10.6. The van der Waals surface area contributed by atoms with E-state index < -0.39 is 6.04 Å². The summed E-state index contributed by atoms with van der Waals surface area (Å²) in [5.41, 5.74) is 2.91. The zero-order valence-corrected chi connectivity index (χ0v) is 18.9. The van der Waals surface area contributed by atoms with Crippen molar-refractivity contribution in [2.45, 2.75) is 26.8 Å². The van der Waals surface area contributed by atoms with Crippen molar-refractivity contribution < 1.29 is 14.1 Å². The Morgan fingerprint density at radius 2 is 1.91 bits per heavy atom. The number of nitrogens with zero attached hydrogens (tertiary/aromatic N) is 2. The lowest BCUT2D eigenvalue weighted by Crippen LogP contribution is -2.48. The van der Waals surface area contributed by atoms with E-state index in [-0.39, 0.29) is 5.91 Å². The molecule has 0 fully saturated rings. The number of aryl methyl sites for hydroxylation is 1. The number of amides is 1. The first kappa shape index (κ1) is 21.6. The number of hydrogen-bond acceptors (Lipinski definition) is 5. The van der Waals surface area contributed by atoms with Crippen molar-refractivity contribution in [3.63, 3.8) is 0 Å². The van der Waals surface area contributed by atoms with Gasteiger partial charge in [0.25, 0.3) is 5.91 Å². The molecule has 1 atom stereocenters. The summed E-state index contributed by atoms with van der Waals surface area (Å²) >= 11 is 5.72. The molecule has 1 amide bonds. The van der Waals surface area contributed by atoms with Gasteiger partial charge in [-0.1, -0.05) is 41.6 Å². The molecule has 164 valence electrons. The summed E-state index contributed by atoms with van der Waals surface area (Å²) in [6, 6.07) is 18.5. The van der Waals surface area contributed by atoms with Gasteiger partial charge in [-0.05, 0) is 51.2 Å². The molecule has 1 unspecified atom stereocenters. The molecule has 2 aromatic carbocycles. The molecule has 4 rings (SSSR count). The molecule has 0 saturated heterocycles. The fourth-order valence-electron chi connectivity index (χ4n) is 3.77. The highest BCUT2D eigenvalue weighted by Crippen LogP contribution is 2.37. The molecule has 0 aliphatic carbocycles. The Morgan fingerprint density at radius 1 is 1.19 bits per heavy atom. The highest BCUT2D eigenvalue weighted by molar-refractivity contribution is 7.80.